The molecule has 2 aliphatic rings. The van der Waals surface area contributed by atoms with Crippen LogP contribution in [0.4, 0.5) is 9.59 Å². The first-order valence-electron chi connectivity index (χ1n) is 18.6. The fourth-order valence-electron chi connectivity index (χ4n) is 7.07. The Kier molecular flexibility index (Phi) is 11.3. The second kappa shape index (κ2) is 16.8. The van der Waals surface area contributed by atoms with E-state index in [1.807, 2.05) is 111 Å². The third-order valence-electron chi connectivity index (χ3n) is 10.2. The van der Waals surface area contributed by atoms with E-state index in [0.717, 1.165) is 33.6 Å². The molecular weight excluding hydrogens is 725 g/mol. The molecule has 7 rings (SSSR count). The van der Waals surface area contributed by atoms with Gasteiger partial charge in [0, 0.05) is 24.8 Å². The van der Waals surface area contributed by atoms with Gasteiger partial charge in [0.05, 0.1) is 31.8 Å². The number of aromatic nitrogens is 4. The zero-order valence-corrected chi connectivity index (χ0v) is 32.0. The quantitative estimate of drug-likeness (QED) is 0.110. The molecule has 0 saturated carbocycles. The SMILES string of the molecule is COC(=O)N[C@H](C(=O)N1CC=C[C@H]1c1nc(-c2ccc(-c3ccc(-c4cnc(C5C=CCN5C(=O)[C@H](NC(=O)OC)c5ccccc5)[nH]4)cc3)cc2)c[nH]1)C(C)C. The van der Waals surface area contributed by atoms with Crippen LogP contribution in [-0.4, -0.2) is 87.1 Å². The predicted octanol–water partition coefficient (Wildman–Crippen LogP) is 6.49. The number of ether oxygens (including phenoxy) is 2. The van der Waals surface area contributed by atoms with Gasteiger partial charge in [0.15, 0.2) is 0 Å². The van der Waals surface area contributed by atoms with Crippen LogP contribution in [-0.2, 0) is 19.1 Å². The van der Waals surface area contributed by atoms with Gasteiger partial charge >= 0.3 is 12.2 Å². The molecule has 3 aromatic carbocycles. The van der Waals surface area contributed by atoms with Crippen molar-refractivity contribution in [1.82, 2.24) is 40.4 Å². The summed E-state index contributed by atoms with van der Waals surface area (Å²) in [6, 6.07) is 22.8. The molecule has 0 aliphatic carbocycles. The van der Waals surface area contributed by atoms with Crippen LogP contribution in [0.3, 0.4) is 0 Å². The third kappa shape index (κ3) is 8.20. The Morgan fingerprint density at radius 1 is 0.719 bits per heavy atom. The van der Waals surface area contributed by atoms with Crippen molar-refractivity contribution in [2.75, 3.05) is 27.3 Å². The molecule has 57 heavy (non-hydrogen) atoms. The molecule has 0 fully saturated rings. The lowest BCUT2D eigenvalue weighted by atomic mass is 10.0. The summed E-state index contributed by atoms with van der Waals surface area (Å²) in [6.07, 6.45) is 9.94. The number of alkyl carbamates (subject to hydrolysis) is 2. The summed E-state index contributed by atoms with van der Waals surface area (Å²) in [5.74, 6) is 0.612. The van der Waals surface area contributed by atoms with Crippen molar-refractivity contribution in [3.63, 3.8) is 0 Å². The average Bonchev–Trinajstić information content (AvgIpc) is 4.09. The number of hydrogen-bond acceptors (Lipinski definition) is 8. The lowest BCUT2D eigenvalue weighted by Gasteiger charge is -2.29. The van der Waals surface area contributed by atoms with E-state index in [-0.39, 0.29) is 17.7 Å². The van der Waals surface area contributed by atoms with Gasteiger partial charge in [-0.25, -0.2) is 19.6 Å². The molecule has 4 N–H and O–H groups in total. The molecule has 4 amide bonds. The largest absolute Gasteiger partial charge is 0.453 e. The van der Waals surface area contributed by atoms with Crippen LogP contribution in [0.5, 0.6) is 0 Å². The fraction of sp³-hybridized carbons (Fsp3) is 0.256. The second-order valence-electron chi connectivity index (χ2n) is 14.1. The highest BCUT2D eigenvalue weighted by atomic mass is 16.5. The van der Waals surface area contributed by atoms with Gasteiger partial charge in [0.25, 0.3) is 5.91 Å². The Bertz CT molecular complexity index is 2280. The Morgan fingerprint density at radius 2 is 1.28 bits per heavy atom. The van der Waals surface area contributed by atoms with E-state index in [0.29, 0.717) is 30.3 Å². The number of methoxy groups -OCH3 is 2. The first kappa shape index (κ1) is 38.3. The number of imidazole rings is 2. The molecule has 292 valence electrons. The number of nitrogens with one attached hydrogen (secondary N) is 4. The van der Waals surface area contributed by atoms with Crippen molar-refractivity contribution in [3.05, 3.63) is 133 Å². The van der Waals surface area contributed by atoms with Crippen LogP contribution in [0.1, 0.15) is 49.2 Å². The number of nitrogens with zero attached hydrogens (tertiary/aromatic N) is 4. The van der Waals surface area contributed by atoms with Crippen LogP contribution in [0.2, 0.25) is 0 Å². The number of hydrogen-bond donors (Lipinski definition) is 4. The molecule has 14 heteroatoms. The highest BCUT2D eigenvalue weighted by Crippen LogP contribution is 2.33. The Balaban J connectivity index is 1.01. The number of carbonyl (C=O) groups excluding carboxylic acids is 4. The zero-order valence-electron chi connectivity index (χ0n) is 32.0. The molecule has 0 spiro atoms. The summed E-state index contributed by atoms with van der Waals surface area (Å²) >= 11 is 0. The number of aromatic amines is 2. The summed E-state index contributed by atoms with van der Waals surface area (Å²) in [5.41, 5.74) is 6.10. The predicted molar refractivity (Wildman–Crippen MR) is 213 cm³/mol. The molecule has 4 heterocycles. The van der Waals surface area contributed by atoms with Crippen molar-refractivity contribution in [2.24, 2.45) is 5.92 Å². The second-order valence-corrected chi connectivity index (χ2v) is 14.1. The maximum Gasteiger partial charge on any atom is 0.407 e. The van der Waals surface area contributed by atoms with E-state index in [4.69, 9.17) is 14.5 Å². The van der Waals surface area contributed by atoms with E-state index < -0.39 is 36.4 Å². The Labute approximate surface area is 330 Å². The average molecular weight is 769 g/mol. The first-order chi connectivity index (χ1) is 27.6. The molecule has 5 aromatic rings. The van der Waals surface area contributed by atoms with E-state index in [1.54, 1.807) is 28.1 Å². The Morgan fingerprint density at radius 3 is 1.89 bits per heavy atom. The maximum atomic E-state index is 13.8. The number of rotatable bonds is 11. The van der Waals surface area contributed by atoms with Gasteiger partial charge in [0.2, 0.25) is 5.91 Å². The normalized spacial score (nSPS) is 17.1. The van der Waals surface area contributed by atoms with E-state index in [9.17, 15) is 19.2 Å². The first-order valence-corrected chi connectivity index (χ1v) is 18.6. The number of amides is 4. The van der Waals surface area contributed by atoms with Crippen molar-refractivity contribution in [2.45, 2.75) is 38.0 Å². The number of H-pyrrole nitrogens is 2. The van der Waals surface area contributed by atoms with Gasteiger partial charge in [-0.05, 0) is 28.2 Å². The summed E-state index contributed by atoms with van der Waals surface area (Å²) in [6.45, 7) is 4.53. The van der Waals surface area contributed by atoms with Crippen molar-refractivity contribution < 1.29 is 28.7 Å². The molecule has 2 aromatic heterocycles. The molecule has 0 saturated heterocycles. The fourth-order valence-corrected chi connectivity index (χ4v) is 7.07. The summed E-state index contributed by atoms with van der Waals surface area (Å²) < 4.78 is 9.54. The van der Waals surface area contributed by atoms with E-state index in [1.165, 1.54) is 14.2 Å². The number of carbonyl (C=O) groups is 4. The van der Waals surface area contributed by atoms with Gasteiger partial charge in [0.1, 0.15) is 35.8 Å². The summed E-state index contributed by atoms with van der Waals surface area (Å²) in [7, 11) is 2.54. The molecule has 2 aliphatic heterocycles. The zero-order chi connectivity index (χ0) is 40.1. The van der Waals surface area contributed by atoms with Crippen molar-refractivity contribution >= 4 is 24.0 Å². The van der Waals surface area contributed by atoms with Gasteiger partial charge in [-0.15, -0.1) is 0 Å². The van der Waals surface area contributed by atoms with Gasteiger partial charge in [-0.1, -0.05) is 117 Å². The maximum absolute atomic E-state index is 13.8. The molecular formula is C43H44N8O6. The Hall–Kier alpha value is -6.96. The standard InChI is InChI=1S/C43H44N8O6/c1-26(2)36(48-42(54)56-3)40(52)50-22-8-12-34(50)38-44-24-32(46-38)29-18-14-27(15-19-29)28-16-20-30(21-17-28)33-25-45-39(47-33)35-13-9-23-51(35)41(53)37(49-43(55)57-4)31-10-6-5-7-11-31/h5-21,24-26,34-37H,22-23H2,1-4H3,(H,44,46)(H,45,47)(H,48,54)(H,49,55)/t34-,35?,36-,37+/m0/s1. The summed E-state index contributed by atoms with van der Waals surface area (Å²) in [5, 5.41) is 5.34. The van der Waals surface area contributed by atoms with Crippen LogP contribution in [0, 0.1) is 5.92 Å². The van der Waals surface area contributed by atoms with Gasteiger partial charge < -0.3 is 39.9 Å². The van der Waals surface area contributed by atoms with Crippen molar-refractivity contribution in [1.29, 1.82) is 0 Å². The van der Waals surface area contributed by atoms with Gasteiger partial charge in [-0.2, -0.15) is 0 Å². The number of benzene rings is 3. The van der Waals surface area contributed by atoms with E-state index in [2.05, 4.69) is 25.6 Å². The van der Waals surface area contributed by atoms with Crippen molar-refractivity contribution in [3.8, 4) is 33.6 Å². The minimum absolute atomic E-state index is 0.138. The monoisotopic (exact) mass is 768 g/mol. The van der Waals surface area contributed by atoms with Gasteiger partial charge in [-0.3, -0.25) is 9.59 Å². The summed E-state index contributed by atoms with van der Waals surface area (Å²) in [4.78, 5) is 70.9. The van der Waals surface area contributed by atoms with Crippen LogP contribution >= 0.6 is 0 Å². The third-order valence-corrected chi connectivity index (χ3v) is 10.2. The lowest BCUT2D eigenvalue weighted by molar-refractivity contribution is -0.135. The van der Waals surface area contributed by atoms with Crippen LogP contribution in [0.15, 0.2) is 116 Å². The van der Waals surface area contributed by atoms with Crippen LogP contribution in [0.25, 0.3) is 33.6 Å². The molecule has 0 radical (unpaired) electrons. The molecule has 14 nitrogen and oxygen atoms in total. The molecule has 4 atom stereocenters. The van der Waals surface area contributed by atoms with E-state index >= 15 is 0 Å². The minimum atomic E-state index is -0.923. The highest BCUT2D eigenvalue weighted by Gasteiger charge is 2.36. The molecule has 0 bridgehead atoms. The lowest BCUT2D eigenvalue weighted by Crippen LogP contribution is -2.51. The smallest absolute Gasteiger partial charge is 0.407 e. The topological polar surface area (TPSA) is 175 Å². The van der Waals surface area contributed by atoms with Crippen LogP contribution < -0.4 is 10.6 Å². The molecule has 1 unspecified atom stereocenters. The minimum Gasteiger partial charge on any atom is -0.453 e. The highest BCUT2D eigenvalue weighted by molar-refractivity contribution is 5.88.